The van der Waals surface area contributed by atoms with Gasteiger partial charge in [0.05, 0.1) is 18.5 Å². The molecule has 0 aliphatic carbocycles. The van der Waals surface area contributed by atoms with E-state index in [1.807, 2.05) is 73.0 Å². The lowest BCUT2D eigenvalue weighted by atomic mass is 10.1. The Hall–Kier alpha value is -3.38. The molecule has 158 valence electrons. The number of rotatable bonds is 6. The van der Waals surface area contributed by atoms with Crippen molar-refractivity contribution < 1.29 is 9.53 Å². The van der Waals surface area contributed by atoms with Crippen molar-refractivity contribution in [3.63, 3.8) is 0 Å². The van der Waals surface area contributed by atoms with Gasteiger partial charge in [-0.05, 0) is 50.1 Å². The Kier molecular flexibility index (Phi) is 5.91. The molecule has 0 atom stereocenters. The van der Waals surface area contributed by atoms with Crippen LogP contribution < -0.4 is 10.1 Å². The van der Waals surface area contributed by atoms with Crippen LogP contribution in [0.2, 0.25) is 5.02 Å². The summed E-state index contributed by atoms with van der Waals surface area (Å²) in [6, 6.07) is 16.9. The number of para-hydroxylation sites is 2. The highest BCUT2D eigenvalue weighted by atomic mass is 35.5. The normalized spacial score (nSPS) is 11.0. The van der Waals surface area contributed by atoms with Gasteiger partial charge in [-0.3, -0.25) is 4.79 Å². The number of carbonyl (C=O) groups excluding carboxylic acids is 1. The van der Waals surface area contributed by atoms with E-state index >= 15 is 0 Å². The Bertz CT molecular complexity index is 1250. The molecule has 1 N–H and O–H groups in total. The molecule has 0 aliphatic rings. The quantitative estimate of drug-likeness (QED) is 0.450. The maximum atomic E-state index is 12.5. The SMILES string of the molecule is COc1ccccc1NC(=O)CCc1c(C)nc2cc(-c3ccc(Cl)cc3)nn2c1C. The van der Waals surface area contributed by atoms with E-state index in [0.29, 0.717) is 29.3 Å². The fourth-order valence-corrected chi connectivity index (χ4v) is 3.78. The number of halogens is 1. The fraction of sp³-hybridized carbons (Fsp3) is 0.208. The maximum Gasteiger partial charge on any atom is 0.224 e. The monoisotopic (exact) mass is 434 g/mol. The van der Waals surface area contributed by atoms with Crippen molar-refractivity contribution in [2.45, 2.75) is 26.7 Å². The minimum Gasteiger partial charge on any atom is -0.495 e. The number of amides is 1. The number of nitrogens with zero attached hydrogens (tertiary/aromatic N) is 3. The second-order valence-electron chi connectivity index (χ2n) is 7.32. The Morgan fingerprint density at radius 1 is 1.13 bits per heavy atom. The molecule has 6 nitrogen and oxygen atoms in total. The molecule has 0 aliphatic heterocycles. The van der Waals surface area contributed by atoms with E-state index in [1.54, 1.807) is 7.11 Å². The van der Waals surface area contributed by atoms with Crippen molar-refractivity contribution in [2.24, 2.45) is 0 Å². The third-order valence-corrected chi connectivity index (χ3v) is 5.54. The number of hydrogen-bond donors (Lipinski definition) is 1. The molecule has 4 rings (SSSR count). The van der Waals surface area contributed by atoms with Gasteiger partial charge in [-0.2, -0.15) is 5.10 Å². The van der Waals surface area contributed by atoms with Gasteiger partial charge >= 0.3 is 0 Å². The summed E-state index contributed by atoms with van der Waals surface area (Å²) in [4.78, 5) is 17.2. The number of benzene rings is 2. The van der Waals surface area contributed by atoms with Crippen LogP contribution in [-0.2, 0) is 11.2 Å². The predicted molar refractivity (Wildman–Crippen MR) is 123 cm³/mol. The summed E-state index contributed by atoms with van der Waals surface area (Å²) >= 11 is 6.00. The van der Waals surface area contributed by atoms with Crippen molar-refractivity contribution in [3.05, 3.63) is 76.6 Å². The standard InChI is InChI=1S/C24H23ClN4O2/c1-15-19(12-13-24(30)27-20-6-4-5-7-22(20)31-3)16(2)29-23(26-15)14-21(28-29)17-8-10-18(25)11-9-17/h4-11,14H,12-13H2,1-3H3,(H,27,30). The Morgan fingerprint density at radius 2 is 1.87 bits per heavy atom. The van der Waals surface area contributed by atoms with Gasteiger partial charge in [0.15, 0.2) is 5.65 Å². The van der Waals surface area contributed by atoms with Crippen molar-refractivity contribution in [2.75, 3.05) is 12.4 Å². The smallest absolute Gasteiger partial charge is 0.224 e. The molecule has 7 heteroatoms. The molecule has 4 aromatic rings. The summed E-state index contributed by atoms with van der Waals surface area (Å²) in [7, 11) is 1.58. The molecule has 0 fully saturated rings. The highest BCUT2D eigenvalue weighted by molar-refractivity contribution is 6.30. The van der Waals surface area contributed by atoms with E-state index in [1.165, 1.54) is 0 Å². The molecule has 0 spiro atoms. The predicted octanol–water partition coefficient (Wildman–Crippen LogP) is 5.25. The first-order valence-electron chi connectivity index (χ1n) is 10.0. The number of methoxy groups -OCH3 is 1. The molecule has 31 heavy (non-hydrogen) atoms. The van der Waals surface area contributed by atoms with Gasteiger partial charge < -0.3 is 10.1 Å². The number of aromatic nitrogens is 3. The molecular formula is C24H23ClN4O2. The second-order valence-corrected chi connectivity index (χ2v) is 7.75. The van der Waals surface area contributed by atoms with Gasteiger partial charge in [0, 0.05) is 34.5 Å². The number of anilines is 1. The van der Waals surface area contributed by atoms with Crippen molar-refractivity contribution in [1.82, 2.24) is 14.6 Å². The lowest BCUT2D eigenvalue weighted by Crippen LogP contribution is -2.14. The van der Waals surface area contributed by atoms with E-state index in [9.17, 15) is 4.79 Å². The number of ether oxygens (including phenoxy) is 1. The van der Waals surface area contributed by atoms with Crippen LogP contribution in [0.25, 0.3) is 16.9 Å². The van der Waals surface area contributed by atoms with Crippen molar-refractivity contribution >= 4 is 28.8 Å². The van der Waals surface area contributed by atoms with Gasteiger partial charge in [-0.1, -0.05) is 35.9 Å². The van der Waals surface area contributed by atoms with Crippen LogP contribution in [0.5, 0.6) is 5.75 Å². The Morgan fingerprint density at radius 3 is 2.61 bits per heavy atom. The van der Waals surface area contributed by atoms with Crippen LogP contribution in [0, 0.1) is 13.8 Å². The molecule has 0 saturated heterocycles. The van der Waals surface area contributed by atoms with E-state index in [4.69, 9.17) is 26.4 Å². The van der Waals surface area contributed by atoms with Crippen LogP contribution in [0.3, 0.4) is 0 Å². The summed E-state index contributed by atoms with van der Waals surface area (Å²) < 4.78 is 7.13. The maximum absolute atomic E-state index is 12.5. The van der Waals surface area contributed by atoms with E-state index < -0.39 is 0 Å². The highest BCUT2D eigenvalue weighted by Crippen LogP contribution is 2.25. The van der Waals surface area contributed by atoms with Gasteiger partial charge in [-0.25, -0.2) is 9.50 Å². The Balaban J connectivity index is 1.55. The van der Waals surface area contributed by atoms with Gasteiger partial charge in [0.1, 0.15) is 5.75 Å². The summed E-state index contributed by atoms with van der Waals surface area (Å²) in [5, 5.41) is 8.33. The lowest BCUT2D eigenvalue weighted by molar-refractivity contribution is -0.116. The largest absolute Gasteiger partial charge is 0.495 e. The molecule has 0 saturated carbocycles. The van der Waals surface area contributed by atoms with Gasteiger partial charge in [0.25, 0.3) is 0 Å². The van der Waals surface area contributed by atoms with Gasteiger partial charge in [-0.15, -0.1) is 0 Å². The van der Waals surface area contributed by atoms with Crippen LogP contribution in [-0.4, -0.2) is 27.6 Å². The first-order chi connectivity index (χ1) is 15.0. The zero-order valence-electron chi connectivity index (χ0n) is 17.6. The number of fused-ring (bicyclic) bond motifs is 1. The molecule has 2 aromatic heterocycles. The zero-order chi connectivity index (χ0) is 22.0. The number of carbonyl (C=O) groups is 1. The van der Waals surface area contributed by atoms with Gasteiger partial charge in [0.2, 0.25) is 5.91 Å². The third-order valence-electron chi connectivity index (χ3n) is 5.29. The van der Waals surface area contributed by atoms with Crippen LogP contribution in [0.1, 0.15) is 23.4 Å². The minimum atomic E-state index is -0.0780. The molecule has 0 radical (unpaired) electrons. The molecule has 0 bridgehead atoms. The third kappa shape index (κ3) is 4.39. The average molecular weight is 435 g/mol. The molecule has 2 heterocycles. The van der Waals surface area contributed by atoms with Crippen molar-refractivity contribution in [3.8, 4) is 17.0 Å². The summed E-state index contributed by atoms with van der Waals surface area (Å²) in [6.45, 7) is 3.98. The van der Waals surface area contributed by atoms with Crippen LogP contribution in [0.4, 0.5) is 5.69 Å². The first kappa shape index (κ1) is 20.9. The molecular weight excluding hydrogens is 412 g/mol. The number of hydrogen-bond acceptors (Lipinski definition) is 4. The highest BCUT2D eigenvalue weighted by Gasteiger charge is 2.15. The summed E-state index contributed by atoms with van der Waals surface area (Å²) in [6.07, 6.45) is 0.899. The van der Waals surface area contributed by atoms with Crippen molar-refractivity contribution in [1.29, 1.82) is 0 Å². The Labute approximate surface area is 185 Å². The zero-order valence-corrected chi connectivity index (χ0v) is 18.4. The first-order valence-corrected chi connectivity index (χ1v) is 10.4. The second kappa shape index (κ2) is 8.78. The average Bonchev–Trinajstić information content (AvgIpc) is 3.18. The lowest BCUT2D eigenvalue weighted by Gasteiger charge is -2.12. The van der Waals surface area contributed by atoms with E-state index in [0.717, 1.165) is 33.9 Å². The topological polar surface area (TPSA) is 68.5 Å². The summed E-state index contributed by atoms with van der Waals surface area (Å²) in [5.41, 5.74) is 6.15. The fourth-order valence-electron chi connectivity index (χ4n) is 3.65. The van der Waals surface area contributed by atoms with E-state index in [-0.39, 0.29) is 5.91 Å². The van der Waals surface area contributed by atoms with Crippen LogP contribution >= 0.6 is 11.6 Å². The molecule has 0 unspecified atom stereocenters. The number of nitrogens with one attached hydrogen (secondary N) is 1. The summed E-state index contributed by atoms with van der Waals surface area (Å²) in [5.74, 6) is 0.559. The van der Waals surface area contributed by atoms with Crippen LogP contribution in [0.15, 0.2) is 54.6 Å². The molecule has 1 amide bonds. The van der Waals surface area contributed by atoms with E-state index in [2.05, 4.69) is 5.32 Å². The molecule has 2 aromatic carbocycles. The number of aryl methyl sites for hydroxylation is 2. The minimum absolute atomic E-state index is 0.0780.